The van der Waals surface area contributed by atoms with Crippen molar-refractivity contribution in [3.05, 3.63) is 0 Å². The minimum atomic E-state index is -4.62. The zero-order valence-electron chi connectivity index (χ0n) is 10.5. The standard InChI is InChI=1S/C11H16F3NO3/c1-10(2,3)18-9(17)15-5-4-7(16)6-8(15)11(12,13)14/h8H,4-6H2,1-3H3. The van der Waals surface area contributed by atoms with E-state index in [0.717, 1.165) is 0 Å². The number of hydrogen-bond acceptors (Lipinski definition) is 3. The maximum atomic E-state index is 12.8. The van der Waals surface area contributed by atoms with Crippen LogP contribution >= 0.6 is 0 Å². The van der Waals surface area contributed by atoms with E-state index in [1.807, 2.05) is 0 Å². The predicted molar refractivity (Wildman–Crippen MR) is 57.0 cm³/mol. The van der Waals surface area contributed by atoms with Gasteiger partial charge in [-0.3, -0.25) is 9.69 Å². The normalized spacial score (nSPS) is 22.0. The van der Waals surface area contributed by atoms with Gasteiger partial charge in [0.25, 0.3) is 0 Å². The van der Waals surface area contributed by atoms with Crippen LogP contribution in [0.3, 0.4) is 0 Å². The number of Topliss-reactive ketones (excluding diaryl/α,β-unsaturated/α-hetero) is 1. The Labute approximate surface area is 103 Å². The van der Waals surface area contributed by atoms with Crippen molar-refractivity contribution in [1.82, 2.24) is 4.90 Å². The minimum absolute atomic E-state index is 0.0637. The lowest BCUT2D eigenvalue weighted by atomic mass is 10.0. The third kappa shape index (κ3) is 3.89. The van der Waals surface area contributed by atoms with Gasteiger partial charge in [-0.05, 0) is 20.8 Å². The summed E-state index contributed by atoms with van der Waals surface area (Å²) < 4.78 is 43.2. The summed E-state index contributed by atoms with van der Waals surface area (Å²) in [5, 5.41) is 0. The number of carbonyl (C=O) groups is 2. The second-order valence-corrected chi connectivity index (χ2v) is 5.22. The van der Waals surface area contributed by atoms with E-state index < -0.39 is 36.1 Å². The highest BCUT2D eigenvalue weighted by Gasteiger charge is 2.49. The van der Waals surface area contributed by atoms with E-state index in [1.165, 1.54) is 0 Å². The molecular weight excluding hydrogens is 251 g/mol. The van der Waals surface area contributed by atoms with Crippen LogP contribution in [0.2, 0.25) is 0 Å². The van der Waals surface area contributed by atoms with Crippen LogP contribution in [-0.2, 0) is 9.53 Å². The van der Waals surface area contributed by atoms with Crippen molar-refractivity contribution in [1.29, 1.82) is 0 Å². The zero-order valence-corrected chi connectivity index (χ0v) is 10.5. The van der Waals surface area contributed by atoms with Crippen molar-refractivity contribution >= 4 is 11.9 Å². The lowest BCUT2D eigenvalue weighted by Gasteiger charge is -2.36. The number of alkyl halides is 3. The second-order valence-electron chi connectivity index (χ2n) is 5.22. The van der Waals surface area contributed by atoms with Crippen LogP contribution in [-0.4, -0.2) is 41.1 Å². The van der Waals surface area contributed by atoms with Crippen molar-refractivity contribution in [2.45, 2.75) is 51.4 Å². The van der Waals surface area contributed by atoms with Crippen molar-refractivity contribution in [3.8, 4) is 0 Å². The third-order valence-corrected chi connectivity index (χ3v) is 2.43. The lowest BCUT2D eigenvalue weighted by Crippen LogP contribution is -2.54. The first-order chi connectivity index (χ1) is 8.00. The number of hydrogen-bond donors (Lipinski definition) is 0. The molecule has 0 aromatic heterocycles. The van der Waals surface area contributed by atoms with Gasteiger partial charge in [0.2, 0.25) is 0 Å². The Morgan fingerprint density at radius 3 is 2.33 bits per heavy atom. The highest BCUT2D eigenvalue weighted by atomic mass is 19.4. The van der Waals surface area contributed by atoms with Gasteiger partial charge in [0, 0.05) is 19.4 Å². The number of carbonyl (C=O) groups excluding carboxylic acids is 2. The molecule has 0 aromatic rings. The fourth-order valence-corrected chi connectivity index (χ4v) is 1.66. The van der Waals surface area contributed by atoms with Crippen LogP contribution in [0, 0.1) is 0 Å². The molecule has 7 heteroatoms. The molecule has 1 fully saturated rings. The average molecular weight is 267 g/mol. The molecule has 0 bridgehead atoms. The van der Waals surface area contributed by atoms with Gasteiger partial charge in [-0.25, -0.2) is 4.79 Å². The summed E-state index contributed by atoms with van der Waals surface area (Å²) in [4.78, 5) is 23.4. The van der Waals surface area contributed by atoms with Gasteiger partial charge < -0.3 is 4.74 Å². The molecule has 1 unspecified atom stereocenters. The van der Waals surface area contributed by atoms with E-state index in [-0.39, 0.29) is 13.0 Å². The smallest absolute Gasteiger partial charge is 0.410 e. The van der Waals surface area contributed by atoms with Crippen LogP contribution in [0.1, 0.15) is 33.6 Å². The van der Waals surface area contributed by atoms with E-state index in [4.69, 9.17) is 4.74 Å². The summed E-state index contributed by atoms with van der Waals surface area (Å²) in [6.07, 6.45) is -6.40. The first-order valence-corrected chi connectivity index (χ1v) is 5.59. The number of amides is 1. The number of rotatable bonds is 0. The van der Waals surface area contributed by atoms with Gasteiger partial charge in [0.1, 0.15) is 17.4 Å². The molecule has 1 rings (SSSR count). The average Bonchev–Trinajstić information content (AvgIpc) is 2.13. The van der Waals surface area contributed by atoms with E-state index >= 15 is 0 Å². The lowest BCUT2D eigenvalue weighted by molar-refractivity contribution is -0.188. The molecule has 0 aliphatic carbocycles. The van der Waals surface area contributed by atoms with E-state index in [9.17, 15) is 22.8 Å². The number of likely N-dealkylation sites (tertiary alicyclic amines) is 1. The summed E-state index contributed by atoms with van der Waals surface area (Å²) in [7, 11) is 0. The molecule has 1 aliphatic rings. The summed E-state index contributed by atoms with van der Waals surface area (Å²) in [6.45, 7) is 4.46. The quantitative estimate of drug-likeness (QED) is 0.677. The highest BCUT2D eigenvalue weighted by molar-refractivity contribution is 5.82. The van der Waals surface area contributed by atoms with Gasteiger partial charge in [0.05, 0.1) is 0 Å². The van der Waals surface area contributed by atoms with Gasteiger partial charge in [-0.15, -0.1) is 0 Å². The van der Waals surface area contributed by atoms with Crippen LogP contribution < -0.4 is 0 Å². The molecule has 0 N–H and O–H groups in total. The summed E-state index contributed by atoms with van der Waals surface area (Å²) in [6, 6.07) is -2.08. The number of ether oxygens (including phenoxy) is 1. The van der Waals surface area contributed by atoms with Gasteiger partial charge >= 0.3 is 12.3 Å². The van der Waals surface area contributed by atoms with Gasteiger partial charge in [-0.2, -0.15) is 13.2 Å². The molecule has 1 amide bonds. The molecule has 1 aliphatic heterocycles. The number of nitrogens with zero attached hydrogens (tertiary/aromatic N) is 1. The van der Waals surface area contributed by atoms with Crippen LogP contribution in [0.5, 0.6) is 0 Å². The largest absolute Gasteiger partial charge is 0.444 e. The molecule has 1 saturated heterocycles. The maximum Gasteiger partial charge on any atom is 0.410 e. The molecule has 0 spiro atoms. The number of piperidine rings is 1. The summed E-state index contributed by atoms with van der Waals surface area (Å²) in [5.74, 6) is -0.489. The number of halogens is 3. The SMILES string of the molecule is CC(C)(C)OC(=O)N1CCC(=O)CC1C(F)(F)F. The number of ketones is 1. The Kier molecular flexibility index (Phi) is 3.92. The van der Waals surface area contributed by atoms with Crippen molar-refractivity contribution in [3.63, 3.8) is 0 Å². The fraction of sp³-hybridized carbons (Fsp3) is 0.818. The zero-order chi connectivity index (χ0) is 14.1. The Morgan fingerprint density at radius 1 is 1.33 bits per heavy atom. The molecule has 0 aromatic carbocycles. The first kappa shape index (κ1) is 14.8. The van der Waals surface area contributed by atoms with Crippen molar-refractivity contribution < 1.29 is 27.5 Å². The molecule has 104 valence electrons. The summed E-state index contributed by atoms with van der Waals surface area (Å²) >= 11 is 0. The fourth-order valence-electron chi connectivity index (χ4n) is 1.66. The molecule has 4 nitrogen and oxygen atoms in total. The van der Waals surface area contributed by atoms with Crippen LogP contribution in [0.15, 0.2) is 0 Å². The van der Waals surface area contributed by atoms with E-state index in [0.29, 0.717) is 4.90 Å². The Morgan fingerprint density at radius 2 is 1.89 bits per heavy atom. The maximum absolute atomic E-state index is 12.8. The molecule has 1 atom stereocenters. The van der Waals surface area contributed by atoms with E-state index in [2.05, 4.69) is 0 Å². The van der Waals surface area contributed by atoms with Crippen LogP contribution in [0.4, 0.5) is 18.0 Å². The summed E-state index contributed by atoms with van der Waals surface area (Å²) in [5.41, 5.74) is -0.866. The molecule has 18 heavy (non-hydrogen) atoms. The predicted octanol–water partition coefficient (Wildman–Crippen LogP) is 2.52. The second kappa shape index (κ2) is 4.78. The highest BCUT2D eigenvalue weighted by Crippen LogP contribution is 2.31. The monoisotopic (exact) mass is 267 g/mol. The minimum Gasteiger partial charge on any atom is -0.444 e. The Bertz CT molecular complexity index is 346. The molecular formula is C11H16F3NO3. The molecule has 0 saturated carbocycles. The Balaban J connectivity index is 2.84. The van der Waals surface area contributed by atoms with Crippen molar-refractivity contribution in [2.24, 2.45) is 0 Å². The van der Waals surface area contributed by atoms with Crippen LogP contribution in [0.25, 0.3) is 0 Å². The topological polar surface area (TPSA) is 46.6 Å². The first-order valence-electron chi connectivity index (χ1n) is 5.59. The van der Waals surface area contributed by atoms with Gasteiger partial charge in [0.15, 0.2) is 0 Å². The molecule has 1 heterocycles. The van der Waals surface area contributed by atoms with E-state index in [1.54, 1.807) is 20.8 Å². The Hall–Kier alpha value is -1.27. The third-order valence-electron chi connectivity index (χ3n) is 2.43. The van der Waals surface area contributed by atoms with Crippen molar-refractivity contribution in [2.75, 3.05) is 6.54 Å². The molecule has 0 radical (unpaired) electrons. The van der Waals surface area contributed by atoms with Gasteiger partial charge in [-0.1, -0.05) is 0 Å².